The van der Waals surface area contributed by atoms with Crippen LogP contribution in [-0.2, 0) is 0 Å². The number of benzene rings is 9. The van der Waals surface area contributed by atoms with Crippen LogP contribution in [0.15, 0.2) is 211 Å². The van der Waals surface area contributed by atoms with Crippen molar-refractivity contribution in [3.05, 3.63) is 206 Å². The highest BCUT2D eigenvalue weighted by Crippen LogP contribution is 2.43. The van der Waals surface area contributed by atoms with Gasteiger partial charge in [0.15, 0.2) is 0 Å². The maximum Gasteiger partial charge on any atom is 0.137 e. The van der Waals surface area contributed by atoms with E-state index in [9.17, 15) is 0 Å². The quantitative estimate of drug-likeness (QED) is 0.173. The minimum absolute atomic E-state index is 0.892. The molecule has 3 heteroatoms. The molecule has 0 amide bonds. The van der Waals surface area contributed by atoms with Crippen molar-refractivity contribution in [2.75, 3.05) is 0 Å². The third-order valence-corrected chi connectivity index (χ3v) is 11.7. The molecule has 266 valence electrons. The van der Waals surface area contributed by atoms with Crippen LogP contribution >= 0.6 is 0 Å². The number of hydrogen-bond acceptors (Lipinski definition) is 1. The molecule has 12 aromatic rings. The summed E-state index contributed by atoms with van der Waals surface area (Å²) in [7, 11) is 0. The van der Waals surface area contributed by atoms with Gasteiger partial charge in [-0.05, 0) is 106 Å². The summed E-state index contributed by atoms with van der Waals surface area (Å²) >= 11 is 0. The van der Waals surface area contributed by atoms with E-state index in [0.29, 0.717) is 0 Å². The molecule has 0 aliphatic rings. The molecule has 0 spiro atoms. The zero-order valence-electron chi connectivity index (χ0n) is 30.9. The molecule has 9 aromatic carbocycles. The Hall–Kier alpha value is -7.62. The van der Waals surface area contributed by atoms with Gasteiger partial charge in [0.1, 0.15) is 11.2 Å². The molecule has 3 heterocycles. The van der Waals surface area contributed by atoms with Gasteiger partial charge in [-0.25, -0.2) is 0 Å². The van der Waals surface area contributed by atoms with E-state index in [-0.39, 0.29) is 0 Å². The molecule has 0 unspecified atom stereocenters. The average Bonchev–Trinajstić information content (AvgIpc) is 3.94. The van der Waals surface area contributed by atoms with Crippen molar-refractivity contribution in [1.29, 1.82) is 0 Å². The van der Waals surface area contributed by atoms with Gasteiger partial charge in [0.2, 0.25) is 0 Å². The average molecular weight is 727 g/mol. The van der Waals surface area contributed by atoms with Crippen LogP contribution in [0.3, 0.4) is 0 Å². The van der Waals surface area contributed by atoms with Gasteiger partial charge in [-0.3, -0.25) is 0 Å². The number of hydrogen-bond donors (Lipinski definition) is 0. The summed E-state index contributed by atoms with van der Waals surface area (Å²) in [5.74, 6) is 0. The van der Waals surface area contributed by atoms with Crippen molar-refractivity contribution >= 4 is 65.6 Å². The van der Waals surface area contributed by atoms with Gasteiger partial charge in [0.25, 0.3) is 0 Å². The highest BCUT2D eigenvalue weighted by Gasteiger charge is 2.21. The Balaban J connectivity index is 1.07. The fraction of sp³-hybridized carbons (Fsp3) is 0. The van der Waals surface area contributed by atoms with Crippen molar-refractivity contribution in [2.24, 2.45) is 0 Å². The summed E-state index contributed by atoms with van der Waals surface area (Å²) in [4.78, 5) is 0. The first-order chi connectivity index (χ1) is 28.3. The summed E-state index contributed by atoms with van der Waals surface area (Å²) < 4.78 is 11.3. The zero-order chi connectivity index (χ0) is 37.5. The van der Waals surface area contributed by atoms with Crippen LogP contribution in [-0.4, -0.2) is 9.13 Å². The molecule has 0 aliphatic heterocycles. The molecule has 0 radical (unpaired) electrons. The van der Waals surface area contributed by atoms with E-state index in [1.807, 2.05) is 6.07 Å². The molecular weight excluding hydrogens is 693 g/mol. The first kappa shape index (κ1) is 31.7. The number of para-hydroxylation sites is 2. The zero-order valence-corrected chi connectivity index (χ0v) is 30.9. The summed E-state index contributed by atoms with van der Waals surface area (Å²) in [5, 5.41) is 7.14. The predicted octanol–water partition coefficient (Wildman–Crippen LogP) is 14.8. The van der Waals surface area contributed by atoms with Crippen LogP contribution in [0.2, 0.25) is 0 Å². The van der Waals surface area contributed by atoms with Gasteiger partial charge in [0.05, 0.1) is 27.5 Å². The van der Waals surface area contributed by atoms with Gasteiger partial charge in [-0.15, -0.1) is 0 Å². The Morgan fingerprint density at radius 2 is 0.789 bits per heavy atom. The third-order valence-electron chi connectivity index (χ3n) is 11.7. The smallest absolute Gasteiger partial charge is 0.137 e. The second-order valence-corrected chi connectivity index (χ2v) is 14.9. The number of rotatable bonds is 5. The fourth-order valence-electron chi connectivity index (χ4n) is 9.10. The SMILES string of the molecule is c1ccc(-c2cccc(-n3c4ccccc4c4cc(-c5ccc6c(c5)c5ccc7oc8ccccc8c7c5n6-c5cccc(-c6ccccc6)c5)ccc43)c2)cc1. The number of fused-ring (bicyclic) bond motifs is 10. The van der Waals surface area contributed by atoms with E-state index in [1.54, 1.807) is 0 Å². The van der Waals surface area contributed by atoms with Crippen LogP contribution < -0.4 is 0 Å². The molecule has 3 aromatic heterocycles. The van der Waals surface area contributed by atoms with Gasteiger partial charge < -0.3 is 13.6 Å². The largest absolute Gasteiger partial charge is 0.456 e. The van der Waals surface area contributed by atoms with Gasteiger partial charge in [-0.2, -0.15) is 0 Å². The van der Waals surface area contributed by atoms with E-state index < -0.39 is 0 Å². The number of nitrogens with zero attached hydrogens (tertiary/aromatic N) is 2. The number of aromatic nitrogens is 2. The Labute approximate surface area is 328 Å². The molecule has 0 aliphatic carbocycles. The number of furan rings is 1. The molecule has 3 nitrogen and oxygen atoms in total. The van der Waals surface area contributed by atoms with Crippen LogP contribution in [0.1, 0.15) is 0 Å². The molecule has 0 bridgehead atoms. The monoisotopic (exact) mass is 726 g/mol. The van der Waals surface area contributed by atoms with Crippen LogP contribution in [0.5, 0.6) is 0 Å². The third kappa shape index (κ3) is 4.92. The summed E-state index contributed by atoms with van der Waals surface area (Å²) in [6.45, 7) is 0. The summed E-state index contributed by atoms with van der Waals surface area (Å²) in [6.07, 6.45) is 0. The summed E-state index contributed by atoms with van der Waals surface area (Å²) in [6, 6.07) is 74.5. The van der Waals surface area contributed by atoms with E-state index >= 15 is 0 Å². The molecule has 0 saturated heterocycles. The van der Waals surface area contributed by atoms with Gasteiger partial charge >= 0.3 is 0 Å². The van der Waals surface area contributed by atoms with Gasteiger partial charge in [0, 0.05) is 38.3 Å². The molecule has 12 rings (SSSR count). The molecule has 0 atom stereocenters. The second-order valence-electron chi connectivity index (χ2n) is 14.9. The fourth-order valence-corrected chi connectivity index (χ4v) is 9.10. The van der Waals surface area contributed by atoms with Crippen LogP contribution in [0.25, 0.3) is 110 Å². The first-order valence-electron chi connectivity index (χ1n) is 19.5. The standard InChI is InChI=1S/C54H34N2O/c1-3-13-35(14-4-1)37-17-11-19-41(31-37)55-48-23-9-7-21-43(48)46-33-39(25-28-49(46)55)40-26-29-50-47(34-40)44-27-30-52-53(45-22-8-10-24-51(45)57-52)54(44)56(50)42-20-12-18-38(32-42)36-15-5-2-6-16-36/h1-34H. The topological polar surface area (TPSA) is 23.0 Å². The first-order valence-corrected chi connectivity index (χ1v) is 19.5. The highest BCUT2D eigenvalue weighted by atomic mass is 16.3. The molecule has 0 fully saturated rings. The normalized spacial score (nSPS) is 11.9. The van der Waals surface area contributed by atoms with Crippen molar-refractivity contribution in [1.82, 2.24) is 9.13 Å². The maximum absolute atomic E-state index is 6.46. The Bertz CT molecular complexity index is 3510. The Kier molecular flexibility index (Phi) is 6.93. The van der Waals surface area contributed by atoms with E-state index in [1.165, 1.54) is 66.0 Å². The summed E-state index contributed by atoms with van der Waals surface area (Å²) in [5.41, 5.74) is 15.9. The molecule has 0 saturated carbocycles. The second kappa shape index (κ2) is 12.5. The lowest BCUT2D eigenvalue weighted by atomic mass is 10.00. The molecule has 57 heavy (non-hydrogen) atoms. The van der Waals surface area contributed by atoms with Gasteiger partial charge in [-0.1, -0.05) is 133 Å². The lowest BCUT2D eigenvalue weighted by Crippen LogP contribution is -1.95. The minimum Gasteiger partial charge on any atom is -0.456 e. The predicted molar refractivity (Wildman–Crippen MR) is 239 cm³/mol. The lowest BCUT2D eigenvalue weighted by molar-refractivity contribution is 0.669. The maximum atomic E-state index is 6.46. The van der Waals surface area contributed by atoms with E-state index in [0.717, 1.165) is 44.3 Å². The van der Waals surface area contributed by atoms with Crippen LogP contribution in [0.4, 0.5) is 0 Å². The van der Waals surface area contributed by atoms with Crippen molar-refractivity contribution < 1.29 is 4.42 Å². The van der Waals surface area contributed by atoms with E-state index in [2.05, 4.69) is 209 Å². The highest BCUT2D eigenvalue weighted by molar-refractivity contribution is 6.25. The van der Waals surface area contributed by atoms with Crippen molar-refractivity contribution in [2.45, 2.75) is 0 Å². The van der Waals surface area contributed by atoms with Crippen molar-refractivity contribution in [3.63, 3.8) is 0 Å². The van der Waals surface area contributed by atoms with E-state index in [4.69, 9.17) is 4.42 Å². The van der Waals surface area contributed by atoms with Crippen LogP contribution in [0, 0.1) is 0 Å². The Morgan fingerprint density at radius 3 is 1.47 bits per heavy atom. The molecular formula is C54H34N2O. The lowest BCUT2D eigenvalue weighted by Gasteiger charge is -2.12. The minimum atomic E-state index is 0.892. The molecule has 0 N–H and O–H groups in total. The van der Waals surface area contributed by atoms with Crippen molar-refractivity contribution in [3.8, 4) is 44.8 Å². The Morgan fingerprint density at radius 1 is 0.281 bits per heavy atom.